The van der Waals surface area contributed by atoms with Gasteiger partial charge in [-0.2, -0.15) is 0 Å². The Balaban J connectivity index is 1.39. The molecule has 1 spiro atoms. The van der Waals surface area contributed by atoms with Crippen LogP contribution in [0.25, 0.3) is 0 Å². The highest BCUT2D eigenvalue weighted by Gasteiger charge is 2.35. The van der Waals surface area contributed by atoms with Gasteiger partial charge in [-0.25, -0.2) is 0 Å². The molecular formula is C18H27BrN2. The molecule has 2 aliphatic rings. The number of piperidine rings is 1. The smallest absolute Gasteiger partial charge is 0.0351 e. The Bertz CT molecular complexity index is 444. The van der Waals surface area contributed by atoms with Gasteiger partial charge in [0, 0.05) is 23.2 Å². The highest BCUT2D eigenvalue weighted by atomic mass is 79.9. The molecule has 21 heavy (non-hydrogen) atoms. The Morgan fingerprint density at radius 1 is 1.05 bits per heavy atom. The zero-order valence-electron chi connectivity index (χ0n) is 12.9. The van der Waals surface area contributed by atoms with E-state index in [4.69, 9.17) is 0 Å². The molecule has 0 radical (unpaired) electrons. The van der Waals surface area contributed by atoms with Crippen LogP contribution >= 0.6 is 15.9 Å². The van der Waals surface area contributed by atoms with Crippen LogP contribution < -0.4 is 5.32 Å². The van der Waals surface area contributed by atoms with Crippen LogP contribution in [0, 0.1) is 5.41 Å². The molecule has 3 rings (SSSR count). The first kappa shape index (κ1) is 15.4. The topological polar surface area (TPSA) is 15.3 Å². The van der Waals surface area contributed by atoms with Crippen LogP contribution in [0.1, 0.15) is 44.9 Å². The summed E-state index contributed by atoms with van der Waals surface area (Å²) in [6, 6.07) is 8.44. The minimum absolute atomic E-state index is 0.729. The summed E-state index contributed by atoms with van der Waals surface area (Å²) in [5.41, 5.74) is 1.94. The summed E-state index contributed by atoms with van der Waals surface area (Å²) in [5, 5.41) is 3.53. The van der Waals surface area contributed by atoms with E-state index < -0.39 is 0 Å². The van der Waals surface area contributed by atoms with Gasteiger partial charge in [0.05, 0.1) is 0 Å². The van der Waals surface area contributed by atoms with Crippen molar-refractivity contribution in [3.05, 3.63) is 28.7 Å². The fraction of sp³-hybridized carbons (Fsp3) is 0.667. The lowest BCUT2D eigenvalue weighted by Crippen LogP contribution is -2.42. The zero-order valence-corrected chi connectivity index (χ0v) is 14.5. The summed E-state index contributed by atoms with van der Waals surface area (Å²) in [5.74, 6) is 0. The van der Waals surface area contributed by atoms with Crippen molar-refractivity contribution in [2.24, 2.45) is 5.41 Å². The molecule has 0 aromatic heterocycles. The Morgan fingerprint density at radius 2 is 1.81 bits per heavy atom. The first-order chi connectivity index (χ1) is 10.3. The number of benzene rings is 1. The van der Waals surface area contributed by atoms with E-state index in [1.54, 1.807) is 0 Å². The molecule has 3 heteroatoms. The third-order valence-corrected chi connectivity index (χ3v) is 5.91. The molecule has 1 aromatic rings. The third-order valence-electron chi connectivity index (χ3n) is 5.41. The maximum atomic E-state index is 3.53. The van der Waals surface area contributed by atoms with Crippen molar-refractivity contribution < 1.29 is 0 Å². The molecule has 1 saturated heterocycles. The summed E-state index contributed by atoms with van der Waals surface area (Å²) in [6.45, 7) is 4.83. The molecule has 1 aliphatic heterocycles. The zero-order chi connectivity index (χ0) is 14.5. The lowest BCUT2D eigenvalue weighted by atomic mass is 9.68. The molecule has 1 heterocycles. The van der Waals surface area contributed by atoms with Gasteiger partial charge in [0.15, 0.2) is 0 Å². The predicted molar refractivity (Wildman–Crippen MR) is 93.8 cm³/mol. The number of rotatable bonds is 4. The first-order valence-electron chi connectivity index (χ1n) is 8.48. The van der Waals surface area contributed by atoms with Crippen LogP contribution in [0.4, 0.5) is 5.69 Å². The average Bonchev–Trinajstić information content (AvgIpc) is 2.51. The predicted octanol–water partition coefficient (Wildman–Crippen LogP) is 4.91. The van der Waals surface area contributed by atoms with Gasteiger partial charge in [0.25, 0.3) is 0 Å². The molecular weight excluding hydrogens is 324 g/mol. The molecule has 2 fully saturated rings. The lowest BCUT2D eigenvalue weighted by molar-refractivity contribution is 0.0699. The quantitative estimate of drug-likeness (QED) is 0.829. The van der Waals surface area contributed by atoms with Crippen molar-refractivity contribution in [2.75, 3.05) is 31.5 Å². The molecule has 0 unspecified atom stereocenters. The molecule has 0 atom stereocenters. The van der Waals surface area contributed by atoms with E-state index in [1.807, 2.05) is 0 Å². The summed E-state index contributed by atoms with van der Waals surface area (Å²) in [7, 11) is 0. The van der Waals surface area contributed by atoms with E-state index in [9.17, 15) is 0 Å². The Morgan fingerprint density at radius 3 is 2.52 bits per heavy atom. The fourth-order valence-electron chi connectivity index (χ4n) is 4.01. The maximum Gasteiger partial charge on any atom is 0.0351 e. The van der Waals surface area contributed by atoms with Crippen molar-refractivity contribution in [3.63, 3.8) is 0 Å². The maximum absolute atomic E-state index is 3.53. The number of anilines is 1. The van der Waals surface area contributed by atoms with Crippen LogP contribution in [0.2, 0.25) is 0 Å². The van der Waals surface area contributed by atoms with Crippen molar-refractivity contribution >= 4 is 21.6 Å². The summed E-state index contributed by atoms with van der Waals surface area (Å²) in [6.07, 6.45) is 10.3. The Hall–Kier alpha value is -0.540. The van der Waals surface area contributed by atoms with Gasteiger partial charge in [0.1, 0.15) is 0 Å². The van der Waals surface area contributed by atoms with Gasteiger partial charge in [-0.05, 0) is 62.4 Å². The normalized spacial score (nSPS) is 22.3. The third kappa shape index (κ3) is 4.23. The number of nitrogens with one attached hydrogen (secondary N) is 1. The summed E-state index contributed by atoms with van der Waals surface area (Å²) >= 11 is 3.52. The van der Waals surface area contributed by atoms with Crippen molar-refractivity contribution in [2.45, 2.75) is 44.9 Å². The number of hydrogen-bond donors (Lipinski definition) is 1. The van der Waals surface area contributed by atoms with Gasteiger partial charge >= 0.3 is 0 Å². The first-order valence-corrected chi connectivity index (χ1v) is 9.27. The second kappa shape index (κ2) is 7.15. The Kier molecular flexibility index (Phi) is 5.23. The molecule has 116 valence electrons. The minimum Gasteiger partial charge on any atom is -0.384 e. The Labute approximate surface area is 137 Å². The highest BCUT2D eigenvalue weighted by molar-refractivity contribution is 9.10. The van der Waals surface area contributed by atoms with Crippen LogP contribution in [-0.2, 0) is 0 Å². The van der Waals surface area contributed by atoms with Gasteiger partial charge in [-0.15, -0.1) is 0 Å². The second-order valence-electron chi connectivity index (χ2n) is 6.84. The van der Waals surface area contributed by atoms with Crippen LogP contribution in [0.15, 0.2) is 28.7 Å². The van der Waals surface area contributed by atoms with E-state index >= 15 is 0 Å². The van der Waals surface area contributed by atoms with E-state index in [-0.39, 0.29) is 0 Å². The van der Waals surface area contributed by atoms with E-state index in [2.05, 4.69) is 50.4 Å². The number of nitrogens with zero attached hydrogens (tertiary/aromatic N) is 1. The van der Waals surface area contributed by atoms with Gasteiger partial charge in [-0.3, -0.25) is 0 Å². The molecule has 2 nitrogen and oxygen atoms in total. The van der Waals surface area contributed by atoms with Crippen molar-refractivity contribution in [3.8, 4) is 0 Å². The SMILES string of the molecule is Brc1cccc(NCCN2CCC3(CCCCC3)CC2)c1. The van der Waals surface area contributed by atoms with Gasteiger partial charge in [-0.1, -0.05) is 41.3 Å². The van der Waals surface area contributed by atoms with E-state index in [0.29, 0.717) is 0 Å². The molecule has 1 saturated carbocycles. The van der Waals surface area contributed by atoms with Crippen LogP contribution in [0.3, 0.4) is 0 Å². The van der Waals surface area contributed by atoms with Gasteiger partial charge < -0.3 is 10.2 Å². The molecule has 1 aliphatic carbocycles. The number of likely N-dealkylation sites (tertiary alicyclic amines) is 1. The monoisotopic (exact) mass is 350 g/mol. The van der Waals surface area contributed by atoms with Crippen molar-refractivity contribution in [1.82, 2.24) is 4.90 Å². The van der Waals surface area contributed by atoms with E-state index in [0.717, 1.165) is 16.4 Å². The van der Waals surface area contributed by atoms with Crippen LogP contribution in [0.5, 0.6) is 0 Å². The second-order valence-corrected chi connectivity index (χ2v) is 7.76. The highest BCUT2D eigenvalue weighted by Crippen LogP contribution is 2.44. The minimum atomic E-state index is 0.729. The number of hydrogen-bond acceptors (Lipinski definition) is 2. The summed E-state index contributed by atoms with van der Waals surface area (Å²) in [4.78, 5) is 2.64. The molecule has 1 aromatic carbocycles. The van der Waals surface area contributed by atoms with Crippen molar-refractivity contribution in [1.29, 1.82) is 0 Å². The summed E-state index contributed by atoms with van der Waals surface area (Å²) < 4.78 is 1.14. The van der Waals surface area contributed by atoms with Crippen LogP contribution in [-0.4, -0.2) is 31.1 Å². The number of halogens is 1. The molecule has 0 bridgehead atoms. The lowest BCUT2D eigenvalue weighted by Gasteiger charge is -2.44. The van der Waals surface area contributed by atoms with Gasteiger partial charge in [0.2, 0.25) is 0 Å². The largest absolute Gasteiger partial charge is 0.384 e. The fourth-order valence-corrected chi connectivity index (χ4v) is 4.41. The van der Waals surface area contributed by atoms with E-state index in [1.165, 1.54) is 70.3 Å². The average molecular weight is 351 g/mol. The molecule has 0 amide bonds. The standard InChI is InChI=1S/C18H27BrN2/c19-16-5-4-6-17(15-16)20-11-14-21-12-9-18(10-13-21)7-2-1-3-8-18/h4-6,15,20H,1-3,7-14H2. The molecule has 1 N–H and O–H groups in total.